The Morgan fingerprint density at radius 2 is 2.12 bits per heavy atom. The van der Waals surface area contributed by atoms with Crippen molar-refractivity contribution in [3.63, 3.8) is 0 Å². The predicted octanol–water partition coefficient (Wildman–Crippen LogP) is 5.10. The number of rotatable bonds is 11. The number of aliphatic hydroxyl groups excluding tert-OH is 2. The minimum absolute atomic E-state index is 0.0731. The summed E-state index contributed by atoms with van der Waals surface area (Å²) in [5.74, 6) is 0.416. The third kappa shape index (κ3) is 7.08. The molecule has 26 heavy (non-hydrogen) atoms. The van der Waals surface area contributed by atoms with E-state index in [1.807, 2.05) is 24.0 Å². The summed E-state index contributed by atoms with van der Waals surface area (Å²) in [7, 11) is 0. The molecular weight excluding hydrogens is 329 g/mol. The van der Waals surface area contributed by atoms with E-state index in [4.69, 9.17) is 0 Å². The highest BCUT2D eigenvalue weighted by Gasteiger charge is 2.22. The van der Waals surface area contributed by atoms with Gasteiger partial charge in [0.2, 0.25) is 0 Å². The fraction of sp³-hybridized carbons (Fsp3) is 0.636. The molecule has 0 aliphatic heterocycles. The molecule has 1 aliphatic carbocycles. The molecule has 0 bridgehead atoms. The highest BCUT2D eigenvalue weighted by atomic mass is 19.1. The number of nitrogens with zero attached hydrogens (tertiary/aromatic N) is 1. The number of hydrogen-bond acceptors (Lipinski definition) is 3. The van der Waals surface area contributed by atoms with Crippen LogP contribution >= 0.6 is 0 Å². The van der Waals surface area contributed by atoms with Crippen molar-refractivity contribution in [2.45, 2.75) is 65.4 Å². The molecule has 2 atom stereocenters. The zero-order valence-electron chi connectivity index (χ0n) is 16.6. The van der Waals surface area contributed by atoms with Gasteiger partial charge in [-0.2, -0.15) is 0 Å². The summed E-state index contributed by atoms with van der Waals surface area (Å²) in [6.45, 7) is 10.7. The van der Waals surface area contributed by atoms with Crippen LogP contribution in [0.1, 0.15) is 59.3 Å². The molecule has 0 aromatic heterocycles. The van der Waals surface area contributed by atoms with E-state index in [0.29, 0.717) is 31.0 Å². The highest BCUT2D eigenvalue weighted by molar-refractivity contribution is 5.23. The Morgan fingerprint density at radius 1 is 1.42 bits per heavy atom. The summed E-state index contributed by atoms with van der Waals surface area (Å²) in [5, 5.41) is 20.0. The molecule has 0 amide bonds. The summed E-state index contributed by atoms with van der Waals surface area (Å²) in [4.78, 5) is 1.99. The summed E-state index contributed by atoms with van der Waals surface area (Å²) in [5.41, 5.74) is 1.62. The molecule has 1 unspecified atom stereocenters. The van der Waals surface area contributed by atoms with Gasteiger partial charge in [-0.25, -0.2) is 4.39 Å². The second kappa shape index (κ2) is 12.1. The van der Waals surface area contributed by atoms with E-state index in [1.54, 1.807) is 6.08 Å². The molecule has 1 aliphatic rings. The lowest BCUT2D eigenvalue weighted by molar-refractivity contribution is 0.119. The Balaban J connectivity index is 2.81. The van der Waals surface area contributed by atoms with Gasteiger partial charge in [0.15, 0.2) is 0 Å². The van der Waals surface area contributed by atoms with Crippen molar-refractivity contribution >= 4 is 0 Å². The van der Waals surface area contributed by atoms with E-state index in [-0.39, 0.29) is 24.5 Å². The van der Waals surface area contributed by atoms with Gasteiger partial charge in [0.25, 0.3) is 0 Å². The van der Waals surface area contributed by atoms with Gasteiger partial charge < -0.3 is 15.1 Å². The molecule has 4 heteroatoms. The molecule has 0 aromatic carbocycles. The average Bonchev–Trinajstić information content (AvgIpc) is 2.86. The molecule has 148 valence electrons. The monoisotopic (exact) mass is 365 g/mol. The lowest BCUT2D eigenvalue weighted by atomic mass is 9.94. The summed E-state index contributed by atoms with van der Waals surface area (Å²) in [6, 6.07) is 0. The van der Waals surface area contributed by atoms with Crippen LogP contribution in [0.5, 0.6) is 0 Å². The first-order valence-electron chi connectivity index (χ1n) is 9.90. The Labute approximate surface area is 158 Å². The van der Waals surface area contributed by atoms with E-state index in [2.05, 4.69) is 20.4 Å². The van der Waals surface area contributed by atoms with Gasteiger partial charge >= 0.3 is 0 Å². The SMILES string of the molecule is C=C(CO)N(CC[C@@H](O)CC(CC)CC)/C(=C\C)C1C=CC(F)=CCC1. The fourth-order valence-electron chi connectivity index (χ4n) is 3.55. The summed E-state index contributed by atoms with van der Waals surface area (Å²) in [6.07, 6.45) is 11.7. The Morgan fingerprint density at radius 3 is 2.69 bits per heavy atom. The molecule has 0 saturated carbocycles. The van der Waals surface area contributed by atoms with E-state index in [1.165, 1.54) is 6.08 Å². The van der Waals surface area contributed by atoms with Gasteiger partial charge in [-0.05, 0) is 50.7 Å². The minimum Gasteiger partial charge on any atom is -0.393 e. The Hall–Kier alpha value is -1.39. The topological polar surface area (TPSA) is 43.7 Å². The van der Waals surface area contributed by atoms with Crippen molar-refractivity contribution in [1.82, 2.24) is 4.90 Å². The third-order valence-corrected chi connectivity index (χ3v) is 5.30. The Bertz CT molecular complexity index is 520. The maximum atomic E-state index is 13.5. The van der Waals surface area contributed by atoms with Crippen molar-refractivity contribution in [2.24, 2.45) is 11.8 Å². The second-order valence-corrected chi connectivity index (χ2v) is 7.08. The first-order valence-corrected chi connectivity index (χ1v) is 9.90. The maximum Gasteiger partial charge on any atom is 0.118 e. The van der Waals surface area contributed by atoms with Crippen LogP contribution in [0, 0.1) is 11.8 Å². The zero-order valence-corrected chi connectivity index (χ0v) is 16.6. The lowest BCUT2D eigenvalue weighted by Crippen LogP contribution is -2.31. The molecular formula is C22H36FNO2. The molecule has 0 heterocycles. The van der Waals surface area contributed by atoms with Gasteiger partial charge in [0.1, 0.15) is 5.83 Å². The van der Waals surface area contributed by atoms with Crippen LogP contribution in [-0.4, -0.2) is 34.4 Å². The third-order valence-electron chi connectivity index (χ3n) is 5.30. The van der Waals surface area contributed by atoms with Gasteiger partial charge in [-0.15, -0.1) is 0 Å². The average molecular weight is 366 g/mol. The van der Waals surface area contributed by atoms with E-state index >= 15 is 0 Å². The van der Waals surface area contributed by atoms with Crippen LogP contribution in [0.3, 0.4) is 0 Å². The first-order chi connectivity index (χ1) is 12.5. The van der Waals surface area contributed by atoms with Crippen LogP contribution in [0.4, 0.5) is 4.39 Å². The molecule has 3 nitrogen and oxygen atoms in total. The summed E-state index contributed by atoms with van der Waals surface area (Å²) >= 11 is 0. The number of halogens is 1. The minimum atomic E-state index is -0.365. The fourth-order valence-corrected chi connectivity index (χ4v) is 3.55. The predicted molar refractivity (Wildman–Crippen MR) is 107 cm³/mol. The quantitative estimate of drug-likeness (QED) is 0.536. The van der Waals surface area contributed by atoms with Crippen LogP contribution in [0.15, 0.2) is 48.1 Å². The van der Waals surface area contributed by atoms with E-state index in [0.717, 1.165) is 31.4 Å². The van der Waals surface area contributed by atoms with E-state index < -0.39 is 0 Å². The first kappa shape index (κ1) is 22.7. The normalized spacial score (nSPS) is 19.3. The molecule has 2 N–H and O–H groups in total. The van der Waals surface area contributed by atoms with Crippen molar-refractivity contribution in [2.75, 3.05) is 13.2 Å². The molecule has 0 spiro atoms. The van der Waals surface area contributed by atoms with Crippen molar-refractivity contribution in [3.8, 4) is 0 Å². The summed E-state index contributed by atoms with van der Waals surface area (Å²) < 4.78 is 13.5. The highest BCUT2D eigenvalue weighted by Crippen LogP contribution is 2.29. The molecule has 1 rings (SSSR count). The van der Waals surface area contributed by atoms with E-state index in [9.17, 15) is 14.6 Å². The van der Waals surface area contributed by atoms with Crippen molar-refractivity contribution < 1.29 is 14.6 Å². The number of hydrogen-bond donors (Lipinski definition) is 2. The molecule has 0 fully saturated rings. The molecule has 0 saturated heterocycles. The smallest absolute Gasteiger partial charge is 0.118 e. The maximum absolute atomic E-state index is 13.5. The Kier molecular flexibility index (Phi) is 10.5. The zero-order chi connectivity index (χ0) is 19.5. The molecule has 0 radical (unpaired) electrons. The lowest BCUT2D eigenvalue weighted by Gasteiger charge is -2.33. The van der Waals surface area contributed by atoms with Crippen LogP contribution in [0.25, 0.3) is 0 Å². The van der Waals surface area contributed by atoms with Crippen LogP contribution < -0.4 is 0 Å². The van der Waals surface area contributed by atoms with Gasteiger partial charge in [-0.1, -0.05) is 45.4 Å². The number of aliphatic hydroxyl groups is 2. The van der Waals surface area contributed by atoms with Crippen LogP contribution in [-0.2, 0) is 0 Å². The van der Waals surface area contributed by atoms with Crippen molar-refractivity contribution in [1.29, 1.82) is 0 Å². The number of allylic oxidation sites excluding steroid dienone is 5. The standard InChI is InChI=1S/C22H36FNO2/c1-5-18(6-2)15-21(26)13-14-24(17(4)16-25)22(7-3)19-9-8-10-20(23)12-11-19/h7,10-12,18-19,21,25-26H,4-6,8-9,13-16H2,1-3H3/b22-7-/t19?,21-/m1/s1. The van der Waals surface area contributed by atoms with Crippen LogP contribution in [0.2, 0.25) is 0 Å². The van der Waals surface area contributed by atoms with Gasteiger partial charge in [0.05, 0.1) is 12.7 Å². The molecule has 0 aromatic rings. The second-order valence-electron chi connectivity index (χ2n) is 7.08. The van der Waals surface area contributed by atoms with Crippen molar-refractivity contribution in [3.05, 3.63) is 48.1 Å². The van der Waals surface area contributed by atoms with Gasteiger partial charge in [0, 0.05) is 23.9 Å². The largest absolute Gasteiger partial charge is 0.393 e. The van der Waals surface area contributed by atoms with Gasteiger partial charge in [-0.3, -0.25) is 0 Å².